The molecular formula is C21H28N4O. The second kappa shape index (κ2) is 7.23. The van der Waals surface area contributed by atoms with Crippen LogP contribution in [0.2, 0.25) is 0 Å². The first-order valence-electron chi connectivity index (χ1n) is 9.72. The first-order valence-corrected chi connectivity index (χ1v) is 9.72. The number of nitrogens with zero attached hydrogens (tertiary/aromatic N) is 4. The summed E-state index contributed by atoms with van der Waals surface area (Å²) in [5, 5.41) is 4.25. The number of benzene rings is 1. The average Bonchev–Trinajstić information content (AvgIpc) is 3.20. The van der Waals surface area contributed by atoms with E-state index in [0.717, 1.165) is 57.5 Å². The Morgan fingerprint density at radius 3 is 2.81 bits per heavy atom. The largest absolute Gasteiger partial charge is 0.337 e. The van der Waals surface area contributed by atoms with E-state index in [-0.39, 0.29) is 5.91 Å². The van der Waals surface area contributed by atoms with E-state index in [0.29, 0.717) is 0 Å². The quantitative estimate of drug-likeness (QED) is 0.852. The number of carbonyl (C=O) groups is 1. The lowest BCUT2D eigenvalue weighted by atomic mass is 9.98. The third-order valence-electron chi connectivity index (χ3n) is 5.84. The molecule has 0 bridgehead atoms. The predicted octanol–water partition coefficient (Wildman–Crippen LogP) is 2.57. The van der Waals surface area contributed by atoms with Crippen molar-refractivity contribution in [3.8, 4) is 0 Å². The third-order valence-corrected chi connectivity index (χ3v) is 5.84. The summed E-state index contributed by atoms with van der Waals surface area (Å²) in [5.41, 5.74) is 6.22. The molecule has 0 spiro atoms. The van der Waals surface area contributed by atoms with Crippen LogP contribution in [-0.2, 0) is 26.4 Å². The van der Waals surface area contributed by atoms with Crippen molar-refractivity contribution in [2.75, 3.05) is 26.2 Å². The molecule has 2 aromatic rings. The van der Waals surface area contributed by atoms with Gasteiger partial charge in [-0.05, 0) is 55.4 Å². The Bertz CT molecular complexity index is 810. The van der Waals surface area contributed by atoms with Gasteiger partial charge in [-0.1, -0.05) is 6.07 Å². The molecule has 0 unspecified atom stereocenters. The molecule has 0 atom stereocenters. The molecule has 26 heavy (non-hydrogen) atoms. The minimum Gasteiger partial charge on any atom is -0.337 e. The van der Waals surface area contributed by atoms with Gasteiger partial charge in [0.05, 0.1) is 6.20 Å². The van der Waals surface area contributed by atoms with Gasteiger partial charge >= 0.3 is 0 Å². The van der Waals surface area contributed by atoms with Gasteiger partial charge in [-0.2, -0.15) is 5.10 Å². The summed E-state index contributed by atoms with van der Waals surface area (Å²) in [6.45, 7) is 6.64. The average molecular weight is 352 g/mol. The molecule has 2 heterocycles. The molecule has 4 rings (SSSR count). The van der Waals surface area contributed by atoms with Crippen molar-refractivity contribution in [2.45, 2.75) is 39.2 Å². The lowest BCUT2D eigenvalue weighted by Gasteiger charge is -2.23. The Balaban J connectivity index is 1.43. The fourth-order valence-electron chi connectivity index (χ4n) is 4.40. The first kappa shape index (κ1) is 17.3. The summed E-state index contributed by atoms with van der Waals surface area (Å²) < 4.78 is 1.85. The molecule has 1 saturated heterocycles. The van der Waals surface area contributed by atoms with Crippen LogP contribution in [0.4, 0.5) is 0 Å². The fourth-order valence-corrected chi connectivity index (χ4v) is 4.40. The number of hydrogen-bond acceptors (Lipinski definition) is 3. The van der Waals surface area contributed by atoms with Crippen LogP contribution in [0.5, 0.6) is 0 Å². The van der Waals surface area contributed by atoms with Gasteiger partial charge in [0, 0.05) is 57.1 Å². The van der Waals surface area contributed by atoms with Gasteiger partial charge in [-0.15, -0.1) is 0 Å². The van der Waals surface area contributed by atoms with Crippen LogP contribution < -0.4 is 0 Å². The molecule has 0 N–H and O–H groups in total. The maximum Gasteiger partial charge on any atom is 0.254 e. The number of rotatable bonds is 3. The Morgan fingerprint density at radius 1 is 1.12 bits per heavy atom. The third kappa shape index (κ3) is 3.40. The van der Waals surface area contributed by atoms with Crippen molar-refractivity contribution in [3.05, 3.63) is 52.3 Å². The van der Waals surface area contributed by atoms with E-state index in [4.69, 9.17) is 0 Å². The molecular weight excluding hydrogens is 324 g/mol. The van der Waals surface area contributed by atoms with E-state index in [1.165, 1.54) is 28.7 Å². The van der Waals surface area contributed by atoms with Crippen molar-refractivity contribution in [3.63, 3.8) is 0 Å². The minimum atomic E-state index is 0.209. The monoisotopic (exact) mass is 352 g/mol. The zero-order valence-electron chi connectivity index (χ0n) is 15.9. The zero-order valence-corrected chi connectivity index (χ0v) is 15.9. The van der Waals surface area contributed by atoms with Gasteiger partial charge < -0.3 is 4.90 Å². The standard InChI is InChI=1S/C21H28N4O/c1-16-19-6-3-5-18(19)7-8-20(16)21(26)25-10-4-9-24(11-12-25)15-17-13-22-23(2)14-17/h7-8,13-14H,3-6,9-12,15H2,1-2H3. The van der Waals surface area contributed by atoms with Crippen molar-refractivity contribution in [2.24, 2.45) is 7.05 Å². The second-order valence-corrected chi connectivity index (χ2v) is 7.67. The lowest BCUT2D eigenvalue weighted by Crippen LogP contribution is -2.35. The smallest absolute Gasteiger partial charge is 0.254 e. The predicted molar refractivity (Wildman–Crippen MR) is 102 cm³/mol. The molecule has 2 aliphatic rings. The number of amides is 1. The molecule has 5 nitrogen and oxygen atoms in total. The summed E-state index contributed by atoms with van der Waals surface area (Å²) in [5.74, 6) is 0.209. The van der Waals surface area contributed by atoms with Crippen LogP contribution in [0.3, 0.4) is 0 Å². The van der Waals surface area contributed by atoms with Gasteiger partial charge in [-0.3, -0.25) is 14.4 Å². The van der Waals surface area contributed by atoms with Crippen LogP contribution in [0.1, 0.15) is 45.5 Å². The van der Waals surface area contributed by atoms with Gasteiger partial charge in [0.25, 0.3) is 5.91 Å². The molecule has 0 radical (unpaired) electrons. The van der Waals surface area contributed by atoms with Gasteiger partial charge in [0.2, 0.25) is 0 Å². The number of aryl methyl sites for hydroxylation is 2. The Morgan fingerprint density at radius 2 is 2.00 bits per heavy atom. The van der Waals surface area contributed by atoms with Gasteiger partial charge in [0.15, 0.2) is 0 Å². The number of fused-ring (bicyclic) bond motifs is 1. The highest BCUT2D eigenvalue weighted by Gasteiger charge is 2.24. The van der Waals surface area contributed by atoms with Crippen LogP contribution in [-0.4, -0.2) is 51.7 Å². The van der Waals surface area contributed by atoms with Gasteiger partial charge in [-0.25, -0.2) is 0 Å². The molecule has 1 aliphatic heterocycles. The van der Waals surface area contributed by atoms with E-state index in [1.807, 2.05) is 22.8 Å². The molecule has 1 aromatic carbocycles. The van der Waals surface area contributed by atoms with E-state index in [2.05, 4.69) is 35.3 Å². The summed E-state index contributed by atoms with van der Waals surface area (Å²) in [6.07, 6.45) is 8.54. The maximum atomic E-state index is 13.1. The minimum absolute atomic E-state index is 0.209. The van der Waals surface area contributed by atoms with Crippen molar-refractivity contribution >= 4 is 5.91 Å². The van der Waals surface area contributed by atoms with Crippen LogP contribution in [0.25, 0.3) is 0 Å². The van der Waals surface area contributed by atoms with E-state index in [1.54, 1.807) is 0 Å². The normalized spacial score (nSPS) is 18.0. The molecule has 1 aromatic heterocycles. The van der Waals surface area contributed by atoms with Crippen LogP contribution >= 0.6 is 0 Å². The highest BCUT2D eigenvalue weighted by molar-refractivity contribution is 5.96. The molecule has 5 heteroatoms. The number of hydrogen-bond donors (Lipinski definition) is 0. The number of carbonyl (C=O) groups excluding carboxylic acids is 1. The molecule has 138 valence electrons. The Hall–Kier alpha value is -2.14. The Kier molecular flexibility index (Phi) is 4.81. The lowest BCUT2D eigenvalue weighted by molar-refractivity contribution is 0.0760. The van der Waals surface area contributed by atoms with Crippen molar-refractivity contribution in [1.29, 1.82) is 0 Å². The SMILES string of the molecule is Cc1c(C(=O)N2CCCN(Cc3cnn(C)c3)CC2)ccc2c1CCC2. The summed E-state index contributed by atoms with van der Waals surface area (Å²) in [4.78, 5) is 17.6. The van der Waals surface area contributed by atoms with E-state index in [9.17, 15) is 4.79 Å². The highest BCUT2D eigenvalue weighted by Crippen LogP contribution is 2.28. The molecule has 1 amide bonds. The molecule has 1 fully saturated rings. The maximum absolute atomic E-state index is 13.1. The zero-order chi connectivity index (χ0) is 18.1. The van der Waals surface area contributed by atoms with Crippen LogP contribution in [0, 0.1) is 6.92 Å². The summed E-state index contributed by atoms with van der Waals surface area (Å²) in [6, 6.07) is 4.23. The van der Waals surface area contributed by atoms with Crippen molar-refractivity contribution in [1.82, 2.24) is 19.6 Å². The van der Waals surface area contributed by atoms with E-state index >= 15 is 0 Å². The summed E-state index contributed by atoms with van der Waals surface area (Å²) in [7, 11) is 1.95. The van der Waals surface area contributed by atoms with Crippen molar-refractivity contribution < 1.29 is 4.79 Å². The van der Waals surface area contributed by atoms with E-state index < -0.39 is 0 Å². The summed E-state index contributed by atoms with van der Waals surface area (Å²) >= 11 is 0. The molecule has 1 aliphatic carbocycles. The van der Waals surface area contributed by atoms with Gasteiger partial charge in [0.1, 0.15) is 0 Å². The fraction of sp³-hybridized carbons (Fsp3) is 0.524. The van der Waals surface area contributed by atoms with Crippen LogP contribution in [0.15, 0.2) is 24.5 Å². The Labute approximate surface area is 155 Å². The second-order valence-electron chi connectivity index (χ2n) is 7.67. The molecule has 0 saturated carbocycles. The number of aromatic nitrogens is 2. The first-order chi connectivity index (χ1) is 12.6. The highest BCUT2D eigenvalue weighted by atomic mass is 16.2. The topological polar surface area (TPSA) is 41.4 Å².